The van der Waals surface area contributed by atoms with Gasteiger partial charge in [-0.1, -0.05) is 26.0 Å². The SMILES string of the molecule is CC(C)C(N)CC(=O)N[C@H](C)c1cccc(F)c1. The van der Waals surface area contributed by atoms with Crippen LogP contribution in [-0.2, 0) is 4.79 Å². The number of hydrogen-bond donors (Lipinski definition) is 2. The molecule has 0 aliphatic heterocycles. The number of halogens is 1. The van der Waals surface area contributed by atoms with Crippen molar-refractivity contribution >= 4 is 5.91 Å². The number of nitrogens with two attached hydrogens (primary N) is 1. The maximum atomic E-state index is 13.0. The number of carbonyl (C=O) groups excluding carboxylic acids is 1. The van der Waals surface area contributed by atoms with Crippen LogP contribution < -0.4 is 11.1 Å². The third kappa shape index (κ3) is 4.45. The van der Waals surface area contributed by atoms with Gasteiger partial charge in [0, 0.05) is 12.5 Å². The van der Waals surface area contributed by atoms with E-state index >= 15 is 0 Å². The third-order valence-electron chi connectivity index (χ3n) is 3.00. The number of benzene rings is 1. The van der Waals surface area contributed by atoms with Crippen LogP contribution >= 0.6 is 0 Å². The molecule has 0 heterocycles. The first-order valence-corrected chi connectivity index (χ1v) is 6.20. The lowest BCUT2D eigenvalue weighted by molar-refractivity contribution is -0.122. The van der Waals surface area contributed by atoms with Gasteiger partial charge in [-0.3, -0.25) is 4.79 Å². The zero-order valence-electron chi connectivity index (χ0n) is 11.1. The molecule has 0 bridgehead atoms. The van der Waals surface area contributed by atoms with Gasteiger partial charge in [-0.05, 0) is 30.5 Å². The van der Waals surface area contributed by atoms with E-state index in [1.165, 1.54) is 12.1 Å². The summed E-state index contributed by atoms with van der Waals surface area (Å²) in [5, 5.41) is 2.82. The Hall–Kier alpha value is -1.42. The molecule has 0 aliphatic rings. The van der Waals surface area contributed by atoms with E-state index in [9.17, 15) is 9.18 Å². The van der Waals surface area contributed by atoms with Gasteiger partial charge in [-0.15, -0.1) is 0 Å². The van der Waals surface area contributed by atoms with E-state index in [0.717, 1.165) is 5.56 Å². The lowest BCUT2D eigenvalue weighted by atomic mass is 10.0. The maximum absolute atomic E-state index is 13.0. The van der Waals surface area contributed by atoms with Crippen LogP contribution in [0.15, 0.2) is 24.3 Å². The first-order chi connectivity index (χ1) is 8.40. The molecule has 3 nitrogen and oxygen atoms in total. The van der Waals surface area contributed by atoms with Gasteiger partial charge in [0.2, 0.25) is 5.91 Å². The van der Waals surface area contributed by atoms with Gasteiger partial charge in [0.25, 0.3) is 0 Å². The second kappa shape index (κ2) is 6.50. The molecule has 0 spiro atoms. The Balaban J connectivity index is 2.54. The minimum absolute atomic E-state index is 0.104. The Labute approximate surface area is 108 Å². The quantitative estimate of drug-likeness (QED) is 0.845. The summed E-state index contributed by atoms with van der Waals surface area (Å²) in [4.78, 5) is 11.7. The van der Waals surface area contributed by atoms with E-state index in [-0.39, 0.29) is 36.1 Å². The summed E-state index contributed by atoms with van der Waals surface area (Å²) in [5.41, 5.74) is 6.59. The van der Waals surface area contributed by atoms with E-state index in [2.05, 4.69) is 5.32 Å². The summed E-state index contributed by atoms with van der Waals surface area (Å²) in [7, 11) is 0. The zero-order valence-corrected chi connectivity index (χ0v) is 11.1. The Morgan fingerprint density at radius 3 is 2.61 bits per heavy atom. The average molecular weight is 252 g/mol. The van der Waals surface area contributed by atoms with Crippen LogP contribution in [0.5, 0.6) is 0 Å². The molecule has 18 heavy (non-hydrogen) atoms. The van der Waals surface area contributed by atoms with Crippen molar-refractivity contribution in [3.05, 3.63) is 35.6 Å². The second-order valence-corrected chi connectivity index (χ2v) is 4.96. The van der Waals surface area contributed by atoms with Crippen LogP contribution in [0.2, 0.25) is 0 Å². The van der Waals surface area contributed by atoms with Gasteiger partial charge in [0.15, 0.2) is 0 Å². The second-order valence-electron chi connectivity index (χ2n) is 4.96. The molecule has 0 radical (unpaired) electrons. The van der Waals surface area contributed by atoms with E-state index in [1.54, 1.807) is 12.1 Å². The molecule has 1 rings (SSSR count). The summed E-state index contributed by atoms with van der Waals surface area (Å²) in [6.07, 6.45) is 0.289. The predicted molar refractivity (Wildman–Crippen MR) is 70.4 cm³/mol. The highest BCUT2D eigenvalue weighted by molar-refractivity contribution is 5.77. The number of rotatable bonds is 5. The number of carbonyl (C=O) groups is 1. The summed E-state index contributed by atoms with van der Waals surface area (Å²) < 4.78 is 13.0. The van der Waals surface area contributed by atoms with E-state index in [1.807, 2.05) is 20.8 Å². The van der Waals surface area contributed by atoms with Crippen molar-refractivity contribution in [3.63, 3.8) is 0 Å². The summed E-state index contributed by atoms with van der Waals surface area (Å²) in [5.74, 6) is -0.138. The largest absolute Gasteiger partial charge is 0.350 e. The topological polar surface area (TPSA) is 55.1 Å². The molecule has 0 saturated heterocycles. The molecule has 4 heteroatoms. The zero-order chi connectivity index (χ0) is 13.7. The molecule has 0 aromatic heterocycles. The Kier molecular flexibility index (Phi) is 5.28. The normalized spacial score (nSPS) is 14.3. The molecular weight excluding hydrogens is 231 g/mol. The Morgan fingerprint density at radius 2 is 2.06 bits per heavy atom. The minimum atomic E-state index is -0.299. The molecule has 100 valence electrons. The van der Waals surface area contributed by atoms with Crippen LogP contribution in [0.25, 0.3) is 0 Å². The standard InChI is InChI=1S/C14H21FN2O/c1-9(2)13(16)8-14(18)17-10(3)11-5-4-6-12(15)7-11/h4-7,9-10,13H,8,16H2,1-3H3,(H,17,18)/t10-,13?/m1/s1. The molecule has 0 saturated carbocycles. The van der Waals surface area contributed by atoms with Gasteiger partial charge in [-0.2, -0.15) is 0 Å². The third-order valence-corrected chi connectivity index (χ3v) is 3.00. The minimum Gasteiger partial charge on any atom is -0.350 e. The predicted octanol–water partition coefficient (Wildman–Crippen LogP) is 2.38. The summed E-state index contributed by atoms with van der Waals surface area (Å²) in [6, 6.07) is 5.86. The van der Waals surface area contributed by atoms with E-state index in [4.69, 9.17) is 5.73 Å². The highest BCUT2D eigenvalue weighted by Gasteiger charge is 2.15. The van der Waals surface area contributed by atoms with Gasteiger partial charge >= 0.3 is 0 Å². The van der Waals surface area contributed by atoms with Crippen molar-refractivity contribution in [2.45, 2.75) is 39.3 Å². The van der Waals surface area contributed by atoms with Crippen molar-refractivity contribution in [2.24, 2.45) is 11.7 Å². The van der Waals surface area contributed by atoms with Crippen molar-refractivity contribution < 1.29 is 9.18 Å². The van der Waals surface area contributed by atoms with Crippen molar-refractivity contribution in [1.82, 2.24) is 5.32 Å². The molecule has 0 aliphatic carbocycles. The molecule has 1 unspecified atom stereocenters. The van der Waals surface area contributed by atoms with Crippen molar-refractivity contribution in [3.8, 4) is 0 Å². The summed E-state index contributed by atoms with van der Waals surface area (Å²) >= 11 is 0. The molecule has 2 atom stereocenters. The van der Waals surface area contributed by atoms with Gasteiger partial charge in [-0.25, -0.2) is 4.39 Å². The van der Waals surface area contributed by atoms with Crippen molar-refractivity contribution in [2.75, 3.05) is 0 Å². The Morgan fingerprint density at radius 1 is 1.39 bits per heavy atom. The lowest BCUT2D eigenvalue weighted by Crippen LogP contribution is -2.35. The van der Waals surface area contributed by atoms with Gasteiger partial charge in [0.1, 0.15) is 5.82 Å². The molecule has 0 fully saturated rings. The first-order valence-electron chi connectivity index (χ1n) is 6.20. The maximum Gasteiger partial charge on any atom is 0.222 e. The fraction of sp³-hybridized carbons (Fsp3) is 0.500. The van der Waals surface area contributed by atoms with Crippen LogP contribution in [0.4, 0.5) is 4.39 Å². The molecule has 1 aromatic rings. The Bertz CT molecular complexity index is 407. The van der Waals surface area contributed by atoms with Gasteiger partial charge < -0.3 is 11.1 Å². The molecule has 1 aromatic carbocycles. The number of nitrogens with one attached hydrogen (secondary N) is 1. The molecule has 1 amide bonds. The fourth-order valence-electron chi connectivity index (χ4n) is 1.61. The highest BCUT2D eigenvalue weighted by Crippen LogP contribution is 2.14. The smallest absolute Gasteiger partial charge is 0.222 e. The van der Waals surface area contributed by atoms with Crippen LogP contribution in [0, 0.1) is 11.7 Å². The van der Waals surface area contributed by atoms with E-state index in [0.29, 0.717) is 0 Å². The molecular formula is C14H21FN2O. The first kappa shape index (κ1) is 14.6. The van der Waals surface area contributed by atoms with E-state index < -0.39 is 0 Å². The van der Waals surface area contributed by atoms with Crippen LogP contribution in [-0.4, -0.2) is 11.9 Å². The molecule has 3 N–H and O–H groups in total. The number of amides is 1. The average Bonchev–Trinajstić information content (AvgIpc) is 2.28. The van der Waals surface area contributed by atoms with Crippen molar-refractivity contribution in [1.29, 1.82) is 0 Å². The monoisotopic (exact) mass is 252 g/mol. The van der Waals surface area contributed by atoms with Gasteiger partial charge in [0.05, 0.1) is 6.04 Å². The van der Waals surface area contributed by atoms with Crippen LogP contribution in [0.3, 0.4) is 0 Å². The fourth-order valence-corrected chi connectivity index (χ4v) is 1.61. The summed E-state index contributed by atoms with van der Waals surface area (Å²) in [6.45, 7) is 5.79. The lowest BCUT2D eigenvalue weighted by Gasteiger charge is -2.18. The van der Waals surface area contributed by atoms with Crippen LogP contribution in [0.1, 0.15) is 38.8 Å². The number of hydrogen-bond acceptors (Lipinski definition) is 2. The highest BCUT2D eigenvalue weighted by atomic mass is 19.1.